The molecule has 4 unspecified atom stereocenters. The van der Waals surface area contributed by atoms with Crippen molar-refractivity contribution in [2.75, 3.05) is 18.8 Å². The molecule has 0 aromatic heterocycles. The molecule has 210 valence electrons. The number of carbonyl (C=O) groups excluding carboxylic acids is 4. The van der Waals surface area contributed by atoms with Crippen LogP contribution in [0.4, 0.5) is 0 Å². The van der Waals surface area contributed by atoms with E-state index in [4.69, 9.17) is 34.4 Å². The van der Waals surface area contributed by atoms with E-state index in [2.05, 4.69) is 38.6 Å². The number of hydrogen-bond acceptors (Lipinski definition) is 9. The highest BCUT2D eigenvalue weighted by Crippen LogP contribution is 2.05. The minimum absolute atomic E-state index is 0.0135. The summed E-state index contributed by atoms with van der Waals surface area (Å²) in [5, 5.41) is 16.6. The molecule has 0 spiro atoms. The monoisotopic (exact) mass is 547 g/mol. The first-order chi connectivity index (χ1) is 17.3. The Kier molecular flexibility index (Phi) is 15.8. The topological polar surface area (TPSA) is 323 Å². The second-order valence-electron chi connectivity index (χ2n) is 7.88. The van der Waals surface area contributed by atoms with Gasteiger partial charge in [-0.15, -0.1) is 0 Å². The first-order valence-corrected chi connectivity index (χ1v) is 11.8. The third-order valence-corrected chi connectivity index (χ3v) is 5.08. The van der Waals surface area contributed by atoms with Gasteiger partial charge in [-0.25, -0.2) is 4.79 Å². The lowest BCUT2D eigenvalue weighted by atomic mass is 10.1. The number of hydrogen-bond donors (Lipinski definition) is 11. The lowest BCUT2D eigenvalue weighted by molar-refractivity contribution is -0.142. The molecule has 0 saturated carbocycles. The van der Waals surface area contributed by atoms with Gasteiger partial charge < -0.3 is 55.5 Å². The molecule has 4 amide bonds. The second kappa shape index (κ2) is 17.6. The number of carboxylic acids is 1. The summed E-state index contributed by atoms with van der Waals surface area (Å²) in [6.07, 6.45) is 0.112. The fourth-order valence-corrected chi connectivity index (χ4v) is 3.12. The fraction of sp³-hybridized carbons (Fsp3) is 0.632. The Morgan fingerprint density at radius 1 is 0.730 bits per heavy atom. The molecular formula is C19H37N11O6S. The summed E-state index contributed by atoms with van der Waals surface area (Å²) >= 11 is 4.03. The SMILES string of the molecule is NC(=O)CC(N)C(=O)NC(CS)C(=O)NC(CCCN=C(N)N)C(=O)NC(CCCN=C(N)N)C(=O)O. The van der Waals surface area contributed by atoms with E-state index >= 15 is 0 Å². The van der Waals surface area contributed by atoms with Gasteiger partial charge in [0.15, 0.2) is 11.9 Å². The van der Waals surface area contributed by atoms with E-state index in [-0.39, 0.29) is 56.4 Å². The van der Waals surface area contributed by atoms with E-state index in [0.29, 0.717) is 0 Å². The molecule has 4 atom stereocenters. The van der Waals surface area contributed by atoms with E-state index in [1.54, 1.807) is 0 Å². The van der Waals surface area contributed by atoms with Crippen molar-refractivity contribution in [2.45, 2.75) is 56.3 Å². The smallest absolute Gasteiger partial charge is 0.326 e. The molecule has 17 nitrogen and oxygen atoms in total. The predicted molar refractivity (Wildman–Crippen MR) is 139 cm³/mol. The van der Waals surface area contributed by atoms with Crippen LogP contribution in [-0.4, -0.2) is 89.6 Å². The van der Waals surface area contributed by atoms with Crippen molar-refractivity contribution in [1.29, 1.82) is 0 Å². The number of primary amides is 1. The van der Waals surface area contributed by atoms with Gasteiger partial charge in [0, 0.05) is 18.8 Å². The van der Waals surface area contributed by atoms with Crippen molar-refractivity contribution in [1.82, 2.24) is 16.0 Å². The average Bonchev–Trinajstić information content (AvgIpc) is 2.79. The first kappa shape index (κ1) is 33.2. The third kappa shape index (κ3) is 15.0. The molecule has 0 aromatic carbocycles. The summed E-state index contributed by atoms with van der Waals surface area (Å²) < 4.78 is 0. The third-order valence-electron chi connectivity index (χ3n) is 4.71. The number of amides is 4. The number of thiol groups is 1. The molecule has 0 aliphatic heterocycles. The van der Waals surface area contributed by atoms with Crippen LogP contribution in [0.1, 0.15) is 32.1 Å². The molecule has 0 heterocycles. The molecule has 0 aliphatic rings. The van der Waals surface area contributed by atoms with E-state index in [1.165, 1.54) is 0 Å². The number of nitrogens with two attached hydrogens (primary N) is 6. The predicted octanol–water partition coefficient (Wildman–Crippen LogP) is -5.23. The molecule has 37 heavy (non-hydrogen) atoms. The molecule has 18 heteroatoms. The Morgan fingerprint density at radius 3 is 1.59 bits per heavy atom. The number of carboxylic acid groups (broad SMARTS) is 1. The Balaban J connectivity index is 5.43. The molecule has 0 aromatic rings. The number of rotatable bonds is 18. The number of aliphatic imine (C=N–C) groups is 2. The molecule has 16 N–H and O–H groups in total. The van der Waals surface area contributed by atoms with Crippen LogP contribution < -0.4 is 50.4 Å². The number of nitrogens with zero attached hydrogens (tertiary/aromatic N) is 2. The first-order valence-electron chi connectivity index (χ1n) is 11.2. The van der Waals surface area contributed by atoms with Gasteiger partial charge in [0.25, 0.3) is 0 Å². The maximum atomic E-state index is 12.9. The minimum atomic E-state index is -1.30. The van der Waals surface area contributed by atoms with Crippen LogP contribution in [0.3, 0.4) is 0 Å². The van der Waals surface area contributed by atoms with E-state index in [1.807, 2.05) is 0 Å². The lowest BCUT2D eigenvalue weighted by Crippen LogP contribution is -2.57. The van der Waals surface area contributed by atoms with Crippen molar-refractivity contribution in [2.24, 2.45) is 44.4 Å². The minimum Gasteiger partial charge on any atom is -0.480 e. The molecule has 0 saturated heterocycles. The Hall–Kier alpha value is -3.80. The Morgan fingerprint density at radius 2 is 1.16 bits per heavy atom. The zero-order chi connectivity index (χ0) is 28.5. The van der Waals surface area contributed by atoms with Gasteiger partial charge in [-0.1, -0.05) is 0 Å². The van der Waals surface area contributed by atoms with Gasteiger partial charge >= 0.3 is 5.97 Å². The van der Waals surface area contributed by atoms with Crippen LogP contribution in [0.15, 0.2) is 9.98 Å². The largest absolute Gasteiger partial charge is 0.480 e. The normalized spacial score (nSPS) is 13.7. The maximum absolute atomic E-state index is 12.9. The molecule has 0 fully saturated rings. The standard InChI is InChI=1S/C19H37N11O6S/c20-9(7-13(21)31)14(32)30-12(8-37)16(34)28-10(3-1-5-26-18(22)23)15(33)29-11(17(35)36)4-2-6-27-19(24)25/h9-12,37H,1-8,20H2,(H2,21,31)(H,28,34)(H,29,33)(H,30,32)(H,35,36)(H4,22,23,26)(H4,24,25,27). The van der Waals surface area contributed by atoms with Crippen molar-refractivity contribution in [3.05, 3.63) is 0 Å². The second-order valence-corrected chi connectivity index (χ2v) is 8.24. The highest BCUT2D eigenvalue weighted by atomic mass is 32.1. The summed E-state index contributed by atoms with van der Waals surface area (Å²) in [6, 6.07) is -5.01. The zero-order valence-corrected chi connectivity index (χ0v) is 21.2. The van der Waals surface area contributed by atoms with Crippen molar-refractivity contribution < 1.29 is 29.1 Å². The highest BCUT2D eigenvalue weighted by Gasteiger charge is 2.29. The van der Waals surface area contributed by atoms with E-state index in [0.717, 1.165) is 0 Å². The van der Waals surface area contributed by atoms with E-state index < -0.39 is 60.2 Å². The molecule has 0 radical (unpaired) electrons. The van der Waals surface area contributed by atoms with Crippen LogP contribution in [0.2, 0.25) is 0 Å². The van der Waals surface area contributed by atoms with Crippen molar-refractivity contribution >= 4 is 54.1 Å². The zero-order valence-electron chi connectivity index (χ0n) is 20.3. The summed E-state index contributed by atoms with van der Waals surface area (Å²) in [4.78, 5) is 68.0. The number of aliphatic carboxylic acids is 1. The van der Waals surface area contributed by atoms with Gasteiger partial charge in [0.1, 0.15) is 18.1 Å². The van der Waals surface area contributed by atoms with Crippen LogP contribution in [0.5, 0.6) is 0 Å². The summed E-state index contributed by atoms with van der Waals surface area (Å²) in [5.74, 6) is -5.01. The molecular weight excluding hydrogens is 510 g/mol. The Bertz CT molecular complexity index is 861. The van der Waals surface area contributed by atoms with Crippen molar-refractivity contribution in [3.63, 3.8) is 0 Å². The van der Waals surface area contributed by atoms with Gasteiger partial charge in [-0.05, 0) is 25.7 Å². The van der Waals surface area contributed by atoms with Gasteiger partial charge in [-0.2, -0.15) is 12.6 Å². The van der Waals surface area contributed by atoms with Gasteiger partial charge in [-0.3, -0.25) is 29.2 Å². The van der Waals surface area contributed by atoms with Crippen LogP contribution in [-0.2, 0) is 24.0 Å². The lowest BCUT2D eigenvalue weighted by Gasteiger charge is -2.24. The van der Waals surface area contributed by atoms with Crippen LogP contribution in [0.25, 0.3) is 0 Å². The highest BCUT2D eigenvalue weighted by molar-refractivity contribution is 7.80. The molecule has 0 bridgehead atoms. The number of carbonyl (C=O) groups is 5. The molecule has 0 rings (SSSR count). The van der Waals surface area contributed by atoms with Crippen LogP contribution in [0, 0.1) is 0 Å². The quantitative estimate of drug-likeness (QED) is 0.0333. The van der Waals surface area contributed by atoms with Crippen LogP contribution >= 0.6 is 12.6 Å². The van der Waals surface area contributed by atoms with Crippen molar-refractivity contribution in [3.8, 4) is 0 Å². The van der Waals surface area contributed by atoms with E-state index in [9.17, 15) is 29.1 Å². The molecule has 0 aliphatic carbocycles. The summed E-state index contributed by atoms with van der Waals surface area (Å²) in [6.45, 7) is 0.291. The number of nitrogens with one attached hydrogen (secondary N) is 3. The van der Waals surface area contributed by atoms with Gasteiger partial charge in [0.05, 0.1) is 12.5 Å². The Labute approximate surface area is 219 Å². The average molecular weight is 548 g/mol. The number of guanidine groups is 2. The van der Waals surface area contributed by atoms with Gasteiger partial charge in [0.2, 0.25) is 23.6 Å². The maximum Gasteiger partial charge on any atom is 0.326 e. The fourth-order valence-electron chi connectivity index (χ4n) is 2.86. The summed E-state index contributed by atoms with van der Waals surface area (Å²) in [7, 11) is 0. The summed E-state index contributed by atoms with van der Waals surface area (Å²) in [5.41, 5.74) is 31.6.